The number of carbonyl (C=O) groups excluding carboxylic acids is 1. The molecule has 2 rings (SSSR count). The Kier molecular flexibility index (Phi) is 3.05. The molecule has 0 bridgehead atoms. The van der Waals surface area contributed by atoms with Crippen LogP contribution in [-0.4, -0.2) is 5.78 Å². The number of hydrogen-bond acceptors (Lipinski definition) is 1. The van der Waals surface area contributed by atoms with Gasteiger partial charge in [0.15, 0.2) is 0 Å². The minimum atomic E-state index is 0.164. The fourth-order valence-electron chi connectivity index (χ4n) is 3.69. The van der Waals surface area contributed by atoms with Crippen LogP contribution in [0.4, 0.5) is 0 Å². The summed E-state index contributed by atoms with van der Waals surface area (Å²) in [7, 11) is 0. The van der Waals surface area contributed by atoms with Crippen LogP contribution in [0.2, 0.25) is 0 Å². The van der Waals surface area contributed by atoms with Crippen molar-refractivity contribution >= 4 is 5.78 Å². The minimum Gasteiger partial charge on any atom is -0.299 e. The molecule has 1 unspecified atom stereocenters. The maximum absolute atomic E-state index is 12.0. The standard InChI is InChI=1S/C15H22O/c1-4-6-11(2)12-8-9-13-14(16)7-5-10-15(12,13)3/h4,8,11,13H,1,5-7,9-10H2,2-3H3/t11-,13?,15+/m0/s1. The fraction of sp³-hybridized carbons (Fsp3) is 0.667. The topological polar surface area (TPSA) is 17.1 Å². The number of rotatable bonds is 3. The first kappa shape index (κ1) is 11.6. The number of hydrogen-bond donors (Lipinski definition) is 0. The van der Waals surface area contributed by atoms with E-state index in [0.717, 1.165) is 25.7 Å². The molecule has 0 aromatic rings. The van der Waals surface area contributed by atoms with E-state index in [9.17, 15) is 4.79 Å². The Morgan fingerprint density at radius 2 is 2.44 bits per heavy atom. The molecule has 0 amide bonds. The molecule has 1 saturated carbocycles. The van der Waals surface area contributed by atoms with Crippen LogP contribution in [0, 0.1) is 17.3 Å². The van der Waals surface area contributed by atoms with E-state index in [2.05, 4.69) is 26.5 Å². The van der Waals surface area contributed by atoms with Gasteiger partial charge in [0.1, 0.15) is 5.78 Å². The van der Waals surface area contributed by atoms with E-state index in [-0.39, 0.29) is 11.3 Å². The van der Waals surface area contributed by atoms with Crippen molar-refractivity contribution in [2.45, 2.75) is 46.0 Å². The summed E-state index contributed by atoms with van der Waals surface area (Å²) in [5.41, 5.74) is 1.68. The number of carbonyl (C=O) groups is 1. The SMILES string of the molecule is C=CC[C@H](C)C1=CCC2C(=O)CCC[C@]12C. The first-order valence-corrected chi connectivity index (χ1v) is 6.43. The van der Waals surface area contributed by atoms with E-state index in [1.807, 2.05) is 6.08 Å². The second kappa shape index (κ2) is 4.20. The Labute approximate surface area is 98.6 Å². The van der Waals surface area contributed by atoms with Gasteiger partial charge in [0, 0.05) is 12.3 Å². The van der Waals surface area contributed by atoms with Crippen molar-refractivity contribution in [2.75, 3.05) is 0 Å². The molecular weight excluding hydrogens is 196 g/mol. The summed E-state index contributed by atoms with van der Waals surface area (Å²) < 4.78 is 0. The highest BCUT2D eigenvalue weighted by molar-refractivity contribution is 5.84. The van der Waals surface area contributed by atoms with Gasteiger partial charge in [-0.1, -0.05) is 31.6 Å². The van der Waals surface area contributed by atoms with Gasteiger partial charge >= 0.3 is 0 Å². The third-order valence-electron chi connectivity index (χ3n) is 4.56. The second-order valence-corrected chi connectivity index (χ2v) is 5.61. The van der Waals surface area contributed by atoms with Crippen LogP contribution < -0.4 is 0 Å². The van der Waals surface area contributed by atoms with Gasteiger partial charge < -0.3 is 0 Å². The molecule has 0 aromatic carbocycles. The highest BCUT2D eigenvalue weighted by Crippen LogP contribution is 2.53. The molecule has 88 valence electrons. The van der Waals surface area contributed by atoms with E-state index in [4.69, 9.17) is 0 Å². The van der Waals surface area contributed by atoms with Gasteiger partial charge in [-0.15, -0.1) is 6.58 Å². The summed E-state index contributed by atoms with van der Waals surface area (Å²) in [6.45, 7) is 8.38. The highest BCUT2D eigenvalue weighted by Gasteiger charge is 2.47. The van der Waals surface area contributed by atoms with E-state index in [1.165, 1.54) is 12.0 Å². The largest absolute Gasteiger partial charge is 0.299 e. The maximum atomic E-state index is 12.0. The van der Waals surface area contributed by atoms with Gasteiger partial charge in [-0.25, -0.2) is 0 Å². The molecule has 0 heterocycles. The molecule has 1 nitrogen and oxygen atoms in total. The van der Waals surface area contributed by atoms with Crippen LogP contribution in [0.15, 0.2) is 24.3 Å². The van der Waals surface area contributed by atoms with Crippen molar-refractivity contribution in [3.05, 3.63) is 24.3 Å². The van der Waals surface area contributed by atoms with E-state index < -0.39 is 0 Å². The van der Waals surface area contributed by atoms with Crippen molar-refractivity contribution in [1.82, 2.24) is 0 Å². The lowest BCUT2D eigenvalue weighted by Crippen LogP contribution is -2.36. The summed E-state index contributed by atoms with van der Waals surface area (Å²) in [5.74, 6) is 1.33. The Morgan fingerprint density at radius 3 is 3.12 bits per heavy atom. The summed E-state index contributed by atoms with van der Waals surface area (Å²) in [5, 5.41) is 0. The average Bonchev–Trinajstić information content (AvgIpc) is 2.57. The molecule has 0 radical (unpaired) electrons. The normalized spacial score (nSPS) is 35.5. The van der Waals surface area contributed by atoms with Gasteiger partial charge in [-0.2, -0.15) is 0 Å². The quantitative estimate of drug-likeness (QED) is 0.656. The Balaban J connectivity index is 2.22. The number of fused-ring (bicyclic) bond motifs is 1. The highest BCUT2D eigenvalue weighted by atomic mass is 16.1. The maximum Gasteiger partial charge on any atom is 0.137 e. The van der Waals surface area contributed by atoms with Crippen molar-refractivity contribution in [1.29, 1.82) is 0 Å². The predicted molar refractivity (Wildman–Crippen MR) is 67.1 cm³/mol. The zero-order valence-electron chi connectivity index (χ0n) is 10.5. The molecule has 0 saturated heterocycles. The molecule has 0 N–H and O–H groups in total. The lowest BCUT2D eigenvalue weighted by Gasteiger charge is -2.39. The Bertz CT molecular complexity index is 339. The van der Waals surface area contributed by atoms with E-state index >= 15 is 0 Å². The van der Waals surface area contributed by atoms with Crippen molar-refractivity contribution in [3.63, 3.8) is 0 Å². The van der Waals surface area contributed by atoms with Crippen molar-refractivity contribution < 1.29 is 4.79 Å². The fourth-order valence-corrected chi connectivity index (χ4v) is 3.69. The van der Waals surface area contributed by atoms with Gasteiger partial charge in [-0.05, 0) is 37.0 Å². The molecule has 2 aliphatic rings. The summed E-state index contributed by atoms with van der Waals surface area (Å²) >= 11 is 0. The zero-order valence-corrected chi connectivity index (χ0v) is 10.5. The number of allylic oxidation sites excluding steroid dienone is 3. The lowest BCUT2D eigenvalue weighted by atomic mass is 9.63. The molecule has 1 heteroatoms. The molecule has 1 fully saturated rings. The van der Waals surface area contributed by atoms with E-state index in [0.29, 0.717) is 11.7 Å². The first-order valence-electron chi connectivity index (χ1n) is 6.43. The van der Waals surface area contributed by atoms with Gasteiger partial charge in [-0.3, -0.25) is 4.79 Å². The van der Waals surface area contributed by atoms with Crippen LogP contribution in [-0.2, 0) is 4.79 Å². The van der Waals surface area contributed by atoms with Crippen LogP contribution in [0.25, 0.3) is 0 Å². The predicted octanol–water partition coefficient (Wildman–Crippen LogP) is 3.90. The third kappa shape index (κ3) is 1.66. The molecule has 0 aromatic heterocycles. The van der Waals surface area contributed by atoms with E-state index in [1.54, 1.807) is 0 Å². The molecule has 0 spiro atoms. The van der Waals surface area contributed by atoms with Crippen molar-refractivity contribution in [3.8, 4) is 0 Å². The van der Waals surface area contributed by atoms with Gasteiger partial charge in [0.05, 0.1) is 0 Å². The van der Waals surface area contributed by atoms with Crippen LogP contribution in [0.5, 0.6) is 0 Å². The van der Waals surface area contributed by atoms with Crippen molar-refractivity contribution in [2.24, 2.45) is 17.3 Å². The minimum absolute atomic E-state index is 0.164. The second-order valence-electron chi connectivity index (χ2n) is 5.61. The molecule has 3 atom stereocenters. The van der Waals surface area contributed by atoms with Gasteiger partial charge in [0.2, 0.25) is 0 Å². The monoisotopic (exact) mass is 218 g/mol. The number of Topliss-reactive ketones (excluding diaryl/α,β-unsaturated/α-hetero) is 1. The Morgan fingerprint density at radius 1 is 1.69 bits per heavy atom. The first-order chi connectivity index (χ1) is 7.59. The third-order valence-corrected chi connectivity index (χ3v) is 4.56. The molecule has 16 heavy (non-hydrogen) atoms. The average molecular weight is 218 g/mol. The number of ketones is 1. The Hall–Kier alpha value is -0.850. The van der Waals surface area contributed by atoms with Crippen LogP contribution in [0.3, 0.4) is 0 Å². The summed E-state index contributed by atoms with van der Waals surface area (Å²) in [6.07, 6.45) is 9.40. The molecular formula is C15H22O. The van der Waals surface area contributed by atoms with Crippen LogP contribution >= 0.6 is 0 Å². The lowest BCUT2D eigenvalue weighted by molar-refractivity contribution is -0.128. The van der Waals surface area contributed by atoms with Crippen LogP contribution in [0.1, 0.15) is 46.0 Å². The summed E-state index contributed by atoms with van der Waals surface area (Å²) in [4.78, 5) is 12.0. The summed E-state index contributed by atoms with van der Waals surface area (Å²) in [6, 6.07) is 0. The molecule has 0 aliphatic heterocycles. The zero-order chi connectivity index (χ0) is 11.8. The van der Waals surface area contributed by atoms with Gasteiger partial charge in [0.25, 0.3) is 0 Å². The smallest absolute Gasteiger partial charge is 0.137 e. The molecule has 2 aliphatic carbocycles.